The highest BCUT2D eigenvalue weighted by molar-refractivity contribution is 8.13. The maximum absolute atomic E-state index is 10.7. The van der Waals surface area contributed by atoms with Crippen LogP contribution in [0.25, 0.3) is 0 Å². The third-order valence-electron chi connectivity index (χ3n) is 1.63. The molecule has 1 aromatic rings. The minimum Gasteiger partial charge on any atom is -0.379 e. The fourth-order valence-electron chi connectivity index (χ4n) is 0.926. The van der Waals surface area contributed by atoms with Gasteiger partial charge in [0.25, 0.3) is 0 Å². The molecule has 5 N–H and O–H groups in total. The Balaban J connectivity index is 0.00000196. The number of primary amides is 1. The molecule has 6 heteroatoms. The molecule has 0 aliphatic heterocycles. The third kappa shape index (κ3) is 4.71. The van der Waals surface area contributed by atoms with E-state index in [1.54, 1.807) is 24.3 Å². The number of hydrogen-bond donors (Lipinski definition) is 3. The van der Waals surface area contributed by atoms with Crippen molar-refractivity contribution in [3.63, 3.8) is 0 Å². The largest absolute Gasteiger partial charge is 0.379 e. The molecular formula is C9H12ClN3OS. The summed E-state index contributed by atoms with van der Waals surface area (Å²) in [5.74, 6) is 0.199. The number of hydrogen-bond acceptors (Lipinski definition) is 3. The van der Waals surface area contributed by atoms with Gasteiger partial charge in [0.1, 0.15) is 0 Å². The Kier molecular flexibility index (Phi) is 5.81. The molecule has 0 unspecified atom stereocenters. The molecule has 4 nitrogen and oxygen atoms in total. The van der Waals surface area contributed by atoms with E-state index in [2.05, 4.69) is 0 Å². The Morgan fingerprint density at radius 1 is 1.27 bits per heavy atom. The standard InChI is InChI=1S/C9H11N3OS.ClH/c10-8(13)7-3-1-6(2-4-7)5-14-9(11)12;/h1-4H,5H2,(H2,10,13)(H3,11,12);1H. The van der Waals surface area contributed by atoms with E-state index in [0.717, 1.165) is 5.56 Å². The van der Waals surface area contributed by atoms with E-state index in [-0.39, 0.29) is 17.6 Å². The van der Waals surface area contributed by atoms with E-state index in [1.807, 2.05) is 0 Å². The molecule has 1 amide bonds. The third-order valence-corrected chi connectivity index (χ3v) is 2.42. The first-order valence-electron chi connectivity index (χ1n) is 3.95. The van der Waals surface area contributed by atoms with E-state index in [9.17, 15) is 4.79 Å². The van der Waals surface area contributed by atoms with E-state index in [4.69, 9.17) is 16.9 Å². The van der Waals surface area contributed by atoms with E-state index in [0.29, 0.717) is 11.3 Å². The number of amidine groups is 1. The molecular weight excluding hydrogens is 234 g/mol. The molecule has 0 aromatic heterocycles. The van der Waals surface area contributed by atoms with Crippen molar-refractivity contribution < 1.29 is 4.79 Å². The summed E-state index contributed by atoms with van der Waals surface area (Å²) in [6, 6.07) is 6.93. The summed E-state index contributed by atoms with van der Waals surface area (Å²) in [6.45, 7) is 0. The van der Waals surface area contributed by atoms with Crippen molar-refractivity contribution >= 4 is 35.2 Å². The number of rotatable bonds is 3. The summed E-state index contributed by atoms with van der Waals surface area (Å²) in [6.07, 6.45) is 0. The van der Waals surface area contributed by atoms with Gasteiger partial charge in [0.15, 0.2) is 5.17 Å². The van der Waals surface area contributed by atoms with Gasteiger partial charge < -0.3 is 11.5 Å². The topological polar surface area (TPSA) is 93.0 Å². The van der Waals surface area contributed by atoms with Crippen LogP contribution in [0.2, 0.25) is 0 Å². The average molecular weight is 246 g/mol. The normalized spacial score (nSPS) is 9.07. The van der Waals surface area contributed by atoms with Gasteiger partial charge in [0.05, 0.1) is 0 Å². The minimum absolute atomic E-state index is 0. The smallest absolute Gasteiger partial charge is 0.248 e. The molecule has 1 aromatic carbocycles. The second kappa shape index (κ2) is 6.31. The van der Waals surface area contributed by atoms with Crippen LogP contribution in [-0.4, -0.2) is 11.1 Å². The van der Waals surface area contributed by atoms with Crippen LogP contribution < -0.4 is 11.5 Å². The van der Waals surface area contributed by atoms with Crippen molar-refractivity contribution in [2.75, 3.05) is 0 Å². The van der Waals surface area contributed by atoms with Crippen LogP contribution in [0.15, 0.2) is 24.3 Å². The molecule has 1 rings (SSSR count). The highest BCUT2D eigenvalue weighted by atomic mass is 35.5. The SMILES string of the molecule is Cl.N=C(N)SCc1ccc(C(N)=O)cc1. The molecule has 0 atom stereocenters. The average Bonchev–Trinajstić information content (AvgIpc) is 2.15. The number of carbonyl (C=O) groups is 1. The lowest BCUT2D eigenvalue weighted by Gasteiger charge is -2.00. The molecule has 0 aliphatic rings. The number of nitrogens with two attached hydrogens (primary N) is 2. The van der Waals surface area contributed by atoms with Gasteiger partial charge in [-0.2, -0.15) is 0 Å². The summed E-state index contributed by atoms with van der Waals surface area (Å²) < 4.78 is 0. The summed E-state index contributed by atoms with van der Waals surface area (Å²) in [5.41, 5.74) is 11.8. The lowest BCUT2D eigenvalue weighted by molar-refractivity contribution is 0.100. The zero-order valence-electron chi connectivity index (χ0n) is 7.90. The first kappa shape index (κ1) is 13.8. The Hall–Kier alpha value is -1.20. The number of nitrogens with one attached hydrogen (secondary N) is 1. The van der Waals surface area contributed by atoms with Crippen LogP contribution in [0.3, 0.4) is 0 Å². The van der Waals surface area contributed by atoms with E-state index < -0.39 is 5.91 Å². The van der Waals surface area contributed by atoms with E-state index >= 15 is 0 Å². The second-order valence-corrected chi connectivity index (χ2v) is 3.73. The monoisotopic (exact) mass is 245 g/mol. The lowest BCUT2D eigenvalue weighted by Crippen LogP contribution is -2.10. The Morgan fingerprint density at radius 3 is 2.20 bits per heavy atom. The van der Waals surface area contributed by atoms with Gasteiger partial charge in [-0.3, -0.25) is 10.2 Å². The molecule has 0 radical (unpaired) electrons. The number of carbonyl (C=O) groups excluding carboxylic acids is 1. The maximum Gasteiger partial charge on any atom is 0.248 e. The van der Waals surface area contributed by atoms with E-state index in [1.165, 1.54) is 11.8 Å². The predicted molar refractivity (Wildman–Crippen MR) is 65.4 cm³/mol. The highest BCUT2D eigenvalue weighted by Gasteiger charge is 2.00. The van der Waals surface area contributed by atoms with Crippen molar-refractivity contribution in [3.8, 4) is 0 Å². The van der Waals surface area contributed by atoms with Crippen molar-refractivity contribution in [1.29, 1.82) is 5.41 Å². The van der Waals surface area contributed by atoms with Gasteiger partial charge >= 0.3 is 0 Å². The van der Waals surface area contributed by atoms with Gasteiger partial charge in [0.2, 0.25) is 5.91 Å². The fourth-order valence-corrected chi connectivity index (χ4v) is 1.44. The van der Waals surface area contributed by atoms with Crippen LogP contribution in [0.4, 0.5) is 0 Å². The van der Waals surface area contributed by atoms with Crippen LogP contribution in [0.5, 0.6) is 0 Å². The van der Waals surface area contributed by atoms with Crippen molar-refractivity contribution in [2.24, 2.45) is 11.5 Å². The molecule has 0 heterocycles. The van der Waals surface area contributed by atoms with Gasteiger partial charge in [0, 0.05) is 11.3 Å². The molecule has 82 valence electrons. The lowest BCUT2D eigenvalue weighted by atomic mass is 10.1. The van der Waals surface area contributed by atoms with Gasteiger partial charge in [-0.25, -0.2) is 0 Å². The Morgan fingerprint density at radius 2 is 1.80 bits per heavy atom. The van der Waals surface area contributed by atoms with Gasteiger partial charge in [-0.15, -0.1) is 12.4 Å². The summed E-state index contributed by atoms with van der Waals surface area (Å²) in [7, 11) is 0. The van der Waals surface area contributed by atoms with Crippen LogP contribution in [-0.2, 0) is 5.75 Å². The molecule has 0 saturated heterocycles. The fraction of sp³-hybridized carbons (Fsp3) is 0.111. The summed E-state index contributed by atoms with van der Waals surface area (Å²) >= 11 is 1.24. The molecule has 15 heavy (non-hydrogen) atoms. The molecule has 0 saturated carbocycles. The molecule has 0 bridgehead atoms. The van der Waals surface area contributed by atoms with Crippen LogP contribution in [0, 0.1) is 5.41 Å². The molecule has 0 spiro atoms. The summed E-state index contributed by atoms with van der Waals surface area (Å²) in [4.78, 5) is 10.7. The number of benzene rings is 1. The number of thioether (sulfide) groups is 1. The second-order valence-electron chi connectivity index (χ2n) is 2.71. The van der Waals surface area contributed by atoms with Crippen molar-refractivity contribution in [2.45, 2.75) is 5.75 Å². The minimum atomic E-state index is -0.434. The quantitative estimate of drug-likeness (QED) is 0.554. The zero-order chi connectivity index (χ0) is 10.6. The maximum atomic E-state index is 10.7. The molecule has 0 fully saturated rings. The van der Waals surface area contributed by atoms with Crippen molar-refractivity contribution in [3.05, 3.63) is 35.4 Å². The number of halogens is 1. The predicted octanol–water partition coefficient (Wildman–Crippen LogP) is 1.33. The Labute approximate surface area is 98.3 Å². The van der Waals surface area contributed by atoms with Gasteiger partial charge in [-0.1, -0.05) is 23.9 Å². The molecule has 0 aliphatic carbocycles. The zero-order valence-corrected chi connectivity index (χ0v) is 9.53. The number of amides is 1. The van der Waals surface area contributed by atoms with Crippen molar-refractivity contribution in [1.82, 2.24) is 0 Å². The first-order chi connectivity index (χ1) is 6.59. The Bertz CT molecular complexity index is 353. The highest BCUT2D eigenvalue weighted by Crippen LogP contribution is 2.12. The van der Waals surface area contributed by atoms with Crippen LogP contribution in [0.1, 0.15) is 15.9 Å². The van der Waals surface area contributed by atoms with Gasteiger partial charge in [-0.05, 0) is 17.7 Å². The summed E-state index contributed by atoms with van der Waals surface area (Å²) in [5, 5.41) is 7.11. The van der Waals surface area contributed by atoms with Crippen LogP contribution >= 0.6 is 24.2 Å². The first-order valence-corrected chi connectivity index (χ1v) is 4.93.